The Morgan fingerprint density at radius 1 is 1.10 bits per heavy atom. The number of aromatic nitrogens is 1. The van der Waals surface area contributed by atoms with Gasteiger partial charge in [0.05, 0.1) is 11.5 Å². The van der Waals surface area contributed by atoms with Gasteiger partial charge in [0, 0.05) is 49.7 Å². The Balaban J connectivity index is 1.12. The maximum Gasteiger partial charge on any atom is 0.312 e. The number of piperidine rings is 2. The van der Waals surface area contributed by atoms with Gasteiger partial charge in [-0.2, -0.15) is 0 Å². The van der Waals surface area contributed by atoms with Crippen LogP contribution in [-0.4, -0.2) is 77.3 Å². The fraction of sp³-hybridized carbons (Fsp3) is 0.625. The highest BCUT2D eigenvalue weighted by Crippen LogP contribution is 2.43. The molecule has 6 heteroatoms. The second-order valence-electron chi connectivity index (χ2n) is 9.49. The van der Waals surface area contributed by atoms with Gasteiger partial charge in [-0.05, 0) is 56.8 Å². The topological polar surface area (TPSA) is 68.8 Å². The Hall–Kier alpha value is -1.89. The van der Waals surface area contributed by atoms with Gasteiger partial charge < -0.3 is 19.7 Å². The van der Waals surface area contributed by atoms with Crippen LogP contribution < -0.4 is 0 Å². The van der Waals surface area contributed by atoms with Crippen molar-refractivity contribution in [1.82, 2.24) is 14.8 Å². The predicted octanol–water partition coefficient (Wildman–Crippen LogP) is 2.56. The molecule has 30 heavy (non-hydrogen) atoms. The number of ether oxygens (including phenoxy) is 1. The normalized spacial score (nSPS) is 25.9. The molecule has 1 unspecified atom stereocenters. The first-order chi connectivity index (χ1) is 14.6. The zero-order valence-electron chi connectivity index (χ0n) is 17.7. The highest BCUT2D eigenvalue weighted by Gasteiger charge is 2.50. The second-order valence-corrected chi connectivity index (χ2v) is 9.49. The molecule has 2 N–H and O–H groups in total. The van der Waals surface area contributed by atoms with Crippen molar-refractivity contribution in [3.63, 3.8) is 0 Å². The minimum atomic E-state index is -0.267. The number of para-hydroxylation sites is 1. The number of esters is 1. The van der Waals surface area contributed by atoms with Gasteiger partial charge in [0.25, 0.3) is 0 Å². The highest BCUT2D eigenvalue weighted by atomic mass is 16.6. The monoisotopic (exact) mass is 411 g/mol. The average Bonchev–Trinajstić information content (AvgIpc) is 3.30. The van der Waals surface area contributed by atoms with Crippen molar-refractivity contribution in [2.24, 2.45) is 5.41 Å². The number of carbonyl (C=O) groups excluding carboxylic acids is 1. The SMILES string of the molecule is O=C1OC(CN2CCC(O)CC2)CC12CCN(CCc1c[nH]c3ccccc13)CC2. The number of nitrogens with zero attached hydrogens (tertiary/aromatic N) is 2. The molecule has 0 bridgehead atoms. The third-order valence-corrected chi connectivity index (χ3v) is 7.53. The van der Waals surface area contributed by atoms with Crippen molar-refractivity contribution in [2.75, 3.05) is 39.3 Å². The molecule has 1 spiro atoms. The van der Waals surface area contributed by atoms with Crippen molar-refractivity contribution in [1.29, 1.82) is 0 Å². The maximum absolute atomic E-state index is 12.7. The van der Waals surface area contributed by atoms with Crippen LogP contribution in [0.1, 0.15) is 37.7 Å². The number of H-pyrrole nitrogens is 1. The molecule has 4 heterocycles. The number of aliphatic hydroxyl groups is 1. The van der Waals surface area contributed by atoms with Crippen LogP contribution in [0.4, 0.5) is 0 Å². The van der Waals surface area contributed by atoms with E-state index in [-0.39, 0.29) is 23.6 Å². The van der Waals surface area contributed by atoms with Crippen LogP contribution in [0, 0.1) is 5.41 Å². The van der Waals surface area contributed by atoms with E-state index in [0.717, 1.165) is 77.8 Å². The second kappa shape index (κ2) is 8.33. The number of hydrogen-bond acceptors (Lipinski definition) is 5. The predicted molar refractivity (Wildman–Crippen MR) is 116 cm³/mol. The van der Waals surface area contributed by atoms with E-state index in [1.54, 1.807) is 0 Å². The van der Waals surface area contributed by atoms with Crippen LogP contribution in [0.2, 0.25) is 0 Å². The van der Waals surface area contributed by atoms with Crippen LogP contribution in [0.15, 0.2) is 30.5 Å². The van der Waals surface area contributed by atoms with Crippen molar-refractivity contribution in [3.8, 4) is 0 Å². The minimum absolute atomic E-state index is 0.0190. The van der Waals surface area contributed by atoms with Crippen LogP contribution in [0.3, 0.4) is 0 Å². The molecule has 0 amide bonds. The van der Waals surface area contributed by atoms with Gasteiger partial charge in [0.1, 0.15) is 6.10 Å². The van der Waals surface area contributed by atoms with Crippen LogP contribution in [-0.2, 0) is 16.0 Å². The lowest BCUT2D eigenvalue weighted by Gasteiger charge is -2.36. The molecule has 1 aromatic heterocycles. The first-order valence-electron chi connectivity index (χ1n) is 11.5. The molecule has 1 atom stereocenters. The summed E-state index contributed by atoms with van der Waals surface area (Å²) in [5, 5.41) is 11.0. The maximum atomic E-state index is 12.7. The van der Waals surface area contributed by atoms with E-state index in [9.17, 15) is 9.90 Å². The van der Waals surface area contributed by atoms with E-state index < -0.39 is 0 Å². The lowest BCUT2D eigenvalue weighted by atomic mass is 9.76. The number of cyclic esters (lactones) is 1. The number of carbonyl (C=O) groups is 1. The smallest absolute Gasteiger partial charge is 0.312 e. The summed E-state index contributed by atoms with van der Waals surface area (Å²) < 4.78 is 5.82. The summed E-state index contributed by atoms with van der Waals surface area (Å²) in [7, 11) is 0. The van der Waals surface area contributed by atoms with Crippen molar-refractivity contribution in [3.05, 3.63) is 36.0 Å². The van der Waals surface area contributed by atoms with E-state index in [4.69, 9.17) is 4.74 Å². The third kappa shape index (κ3) is 4.01. The van der Waals surface area contributed by atoms with Crippen LogP contribution >= 0.6 is 0 Å². The average molecular weight is 412 g/mol. The lowest BCUT2D eigenvalue weighted by Crippen LogP contribution is -2.43. The number of fused-ring (bicyclic) bond motifs is 1. The van der Waals surface area contributed by atoms with Gasteiger partial charge in [0.2, 0.25) is 0 Å². The summed E-state index contributed by atoms with van der Waals surface area (Å²) >= 11 is 0. The fourth-order valence-corrected chi connectivity index (χ4v) is 5.56. The highest BCUT2D eigenvalue weighted by molar-refractivity contribution is 5.83. The summed E-state index contributed by atoms with van der Waals surface area (Å²) in [6, 6.07) is 8.47. The third-order valence-electron chi connectivity index (χ3n) is 7.53. The molecule has 162 valence electrons. The quantitative estimate of drug-likeness (QED) is 0.740. The summed E-state index contributed by atoms with van der Waals surface area (Å²) in [5.74, 6) is 0.0285. The van der Waals surface area contributed by atoms with Crippen molar-refractivity contribution < 1.29 is 14.6 Å². The van der Waals surface area contributed by atoms with E-state index in [1.165, 1.54) is 16.5 Å². The molecule has 0 saturated carbocycles. The van der Waals surface area contributed by atoms with Gasteiger partial charge in [-0.25, -0.2) is 0 Å². The Morgan fingerprint density at radius 3 is 2.67 bits per heavy atom. The Labute approximate surface area is 178 Å². The molecular weight excluding hydrogens is 378 g/mol. The van der Waals surface area contributed by atoms with Crippen LogP contribution in [0.5, 0.6) is 0 Å². The molecule has 1 aromatic carbocycles. The van der Waals surface area contributed by atoms with Gasteiger partial charge in [-0.1, -0.05) is 18.2 Å². The van der Waals surface area contributed by atoms with E-state index in [1.807, 2.05) is 0 Å². The molecule has 5 rings (SSSR count). The summed E-state index contributed by atoms with van der Waals surface area (Å²) in [6.45, 7) is 5.62. The molecule has 0 radical (unpaired) electrons. The van der Waals surface area contributed by atoms with Gasteiger partial charge in [-0.15, -0.1) is 0 Å². The fourth-order valence-electron chi connectivity index (χ4n) is 5.56. The first-order valence-corrected chi connectivity index (χ1v) is 11.5. The van der Waals surface area contributed by atoms with E-state index in [0.29, 0.717) is 0 Å². The Morgan fingerprint density at radius 2 is 1.87 bits per heavy atom. The Bertz CT molecular complexity index is 879. The zero-order chi connectivity index (χ0) is 20.6. The van der Waals surface area contributed by atoms with Crippen LogP contribution in [0.25, 0.3) is 10.9 Å². The van der Waals surface area contributed by atoms with Gasteiger partial charge in [-0.3, -0.25) is 9.69 Å². The largest absolute Gasteiger partial charge is 0.461 e. The standard InChI is InChI=1S/C24H33N3O3/c28-19-6-11-27(12-7-19)17-20-15-24(23(29)30-20)8-13-26(14-9-24)10-5-18-16-25-22-4-2-1-3-21(18)22/h1-4,16,19-20,25,28H,5-15,17H2. The molecular formula is C24H33N3O3. The molecule has 3 fully saturated rings. The molecule has 0 aliphatic carbocycles. The zero-order valence-corrected chi connectivity index (χ0v) is 17.7. The Kier molecular flexibility index (Phi) is 5.56. The van der Waals surface area contributed by atoms with Crippen molar-refractivity contribution in [2.45, 2.75) is 50.7 Å². The molecule has 2 aromatic rings. The molecule has 3 aliphatic heterocycles. The van der Waals surface area contributed by atoms with E-state index in [2.05, 4.69) is 45.2 Å². The number of likely N-dealkylation sites (tertiary alicyclic amines) is 2. The molecule has 3 aliphatic rings. The number of rotatable bonds is 5. The minimum Gasteiger partial charge on any atom is -0.461 e. The summed E-state index contributed by atoms with van der Waals surface area (Å²) in [5.41, 5.74) is 2.31. The summed E-state index contributed by atoms with van der Waals surface area (Å²) in [6.07, 6.45) is 7.37. The first kappa shape index (κ1) is 20.0. The van der Waals surface area contributed by atoms with Gasteiger partial charge in [0.15, 0.2) is 0 Å². The molecule has 6 nitrogen and oxygen atoms in total. The van der Waals surface area contributed by atoms with Crippen molar-refractivity contribution >= 4 is 16.9 Å². The van der Waals surface area contributed by atoms with E-state index >= 15 is 0 Å². The number of nitrogens with one attached hydrogen (secondary N) is 1. The number of benzene rings is 1. The number of hydrogen-bond donors (Lipinski definition) is 2. The number of aliphatic hydroxyl groups excluding tert-OH is 1. The van der Waals surface area contributed by atoms with Gasteiger partial charge >= 0.3 is 5.97 Å². The lowest BCUT2D eigenvalue weighted by molar-refractivity contribution is -0.151. The number of aromatic amines is 1. The summed E-state index contributed by atoms with van der Waals surface area (Å²) in [4.78, 5) is 21.0. The molecule has 3 saturated heterocycles.